The van der Waals surface area contributed by atoms with Gasteiger partial charge in [-0.2, -0.15) is 0 Å². The van der Waals surface area contributed by atoms with Crippen molar-refractivity contribution in [2.75, 3.05) is 89.4 Å². The minimum atomic E-state index is -4.87. The van der Waals surface area contributed by atoms with Gasteiger partial charge in [-0.1, -0.05) is 12.2 Å². The number of benzene rings is 2. The van der Waals surface area contributed by atoms with Crippen LogP contribution < -0.4 is 14.8 Å². The molecule has 0 radical (unpaired) electrons. The number of hydrogen-bond donors (Lipinski definition) is 1. The normalized spacial score (nSPS) is 17.2. The van der Waals surface area contributed by atoms with E-state index in [0.717, 1.165) is 5.56 Å². The second-order valence-corrected chi connectivity index (χ2v) is 18.5. The highest BCUT2D eigenvalue weighted by Gasteiger charge is 2.43. The number of ether oxygens (including phenoxy) is 4. The van der Waals surface area contributed by atoms with Crippen LogP contribution in [0.2, 0.25) is 0 Å². The molecule has 18 nitrogen and oxygen atoms in total. The van der Waals surface area contributed by atoms with Gasteiger partial charge in [-0.25, -0.2) is 29.8 Å². The van der Waals surface area contributed by atoms with Crippen LogP contribution in [0.1, 0.15) is 43.7 Å². The van der Waals surface area contributed by atoms with E-state index >= 15 is 0 Å². The Kier molecular flexibility index (Phi) is 18.0. The summed E-state index contributed by atoms with van der Waals surface area (Å²) >= 11 is 0. The quantitative estimate of drug-likeness (QED) is 0.0687. The number of fused-ring (bicyclic) bond motifs is 2. The fourth-order valence-corrected chi connectivity index (χ4v) is 8.33. The van der Waals surface area contributed by atoms with Crippen LogP contribution in [0.4, 0.5) is 5.69 Å². The zero-order chi connectivity index (χ0) is 44.0. The summed E-state index contributed by atoms with van der Waals surface area (Å²) in [4.78, 5) is 12.2. The first-order chi connectivity index (χ1) is 28.3. The molecule has 332 valence electrons. The van der Waals surface area contributed by atoms with Crippen molar-refractivity contribution in [2.24, 2.45) is 0 Å². The van der Waals surface area contributed by atoms with Crippen LogP contribution in [0.15, 0.2) is 75.9 Å². The highest BCUT2D eigenvalue weighted by Crippen LogP contribution is 2.51. The van der Waals surface area contributed by atoms with Crippen molar-refractivity contribution in [2.45, 2.75) is 42.9 Å². The number of anilines is 1. The van der Waals surface area contributed by atoms with Gasteiger partial charge in [-0.3, -0.25) is 4.79 Å². The summed E-state index contributed by atoms with van der Waals surface area (Å²) in [5.41, 5.74) is 1.98. The molecule has 0 bridgehead atoms. The Bertz CT molecular complexity index is 2360. The molecule has 1 aromatic carbocycles. The lowest BCUT2D eigenvalue weighted by molar-refractivity contribution is -0.138. The van der Waals surface area contributed by atoms with E-state index in [9.17, 15) is 43.7 Å². The summed E-state index contributed by atoms with van der Waals surface area (Å²) < 4.78 is 135. The number of methoxy groups -OCH3 is 1. The summed E-state index contributed by atoms with van der Waals surface area (Å²) in [5.74, 6) is -1.68. The van der Waals surface area contributed by atoms with Gasteiger partial charge >= 0.3 is 5.97 Å². The van der Waals surface area contributed by atoms with Crippen LogP contribution in [-0.4, -0.2) is 134 Å². The lowest BCUT2D eigenvalue weighted by Crippen LogP contribution is -2.35. The average Bonchev–Trinajstić information content (AvgIpc) is 3.39. The molecule has 0 aromatic heterocycles. The van der Waals surface area contributed by atoms with Crippen LogP contribution in [0.3, 0.4) is 0 Å². The zero-order valence-electron chi connectivity index (χ0n) is 33.4. The van der Waals surface area contributed by atoms with Gasteiger partial charge in [0.2, 0.25) is 5.36 Å². The van der Waals surface area contributed by atoms with E-state index in [1.165, 1.54) is 24.5 Å². The Hall–Kier alpha value is -4.03. The van der Waals surface area contributed by atoms with E-state index in [4.69, 9.17) is 28.5 Å². The highest BCUT2D eigenvalue weighted by atomic mass is 32.2. The summed E-state index contributed by atoms with van der Waals surface area (Å²) in [6.45, 7) is 4.22. The SMILES string of the molecule is COCCOCC[N+](CCCS(=O)(=O)[O-])=c1ccc2c(/C=C/C=C3/N(CCOCCOCCC(=O)O)c4ccc(S(=O)(=O)[O-])cc4C3(C)CCCS(=O)(=O)[O-])ccoc-2c1. The first-order valence-electron chi connectivity index (χ1n) is 19.0. The molecule has 1 atom stereocenters. The fourth-order valence-electron chi connectivity index (χ4n) is 6.85. The van der Waals surface area contributed by atoms with E-state index < -0.39 is 58.1 Å². The highest BCUT2D eigenvalue weighted by molar-refractivity contribution is 7.86. The van der Waals surface area contributed by atoms with E-state index in [2.05, 4.69) is 0 Å². The first kappa shape index (κ1) is 48.6. The predicted octanol–water partition coefficient (Wildman–Crippen LogP) is 2.17. The van der Waals surface area contributed by atoms with Crippen LogP contribution in [0.5, 0.6) is 0 Å². The number of rotatable bonds is 26. The predicted molar refractivity (Wildman–Crippen MR) is 216 cm³/mol. The van der Waals surface area contributed by atoms with Crippen molar-refractivity contribution in [3.8, 4) is 11.3 Å². The van der Waals surface area contributed by atoms with Crippen molar-refractivity contribution in [3.63, 3.8) is 0 Å². The van der Waals surface area contributed by atoms with Crippen LogP contribution >= 0.6 is 0 Å². The van der Waals surface area contributed by atoms with Crippen LogP contribution in [0, 0.1) is 0 Å². The second kappa shape index (κ2) is 22.2. The van der Waals surface area contributed by atoms with E-state index in [1.54, 1.807) is 38.3 Å². The van der Waals surface area contributed by atoms with E-state index in [-0.39, 0.29) is 65.2 Å². The van der Waals surface area contributed by atoms with Gasteiger partial charge in [0.1, 0.15) is 29.0 Å². The van der Waals surface area contributed by atoms with Gasteiger partial charge in [0, 0.05) is 60.0 Å². The van der Waals surface area contributed by atoms with Gasteiger partial charge in [-0.15, -0.1) is 0 Å². The van der Waals surface area contributed by atoms with Crippen molar-refractivity contribution in [3.05, 3.63) is 83.1 Å². The third kappa shape index (κ3) is 14.9. The number of nitrogens with zero attached hydrogens (tertiary/aromatic N) is 2. The molecule has 0 saturated heterocycles. The maximum atomic E-state index is 12.1. The third-order valence-corrected chi connectivity index (χ3v) is 12.1. The Morgan fingerprint density at radius 2 is 1.53 bits per heavy atom. The van der Waals surface area contributed by atoms with E-state index in [0.29, 0.717) is 60.0 Å². The van der Waals surface area contributed by atoms with Crippen LogP contribution in [0.25, 0.3) is 17.4 Å². The Morgan fingerprint density at radius 3 is 2.22 bits per heavy atom. The molecule has 60 heavy (non-hydrogen) atoms. The van der Waals surface area contributed by atoms with E-state index in [1.807, 2.05) is 27.7 Å². The molecule has 4 rings (SSSR count). The van der Waals surface area contributed by atoms with Crippen LogP contribution in [-0.2, 0) is 59.5 Å². The number of hydrogen-bond acceptors (Lipinski definition) is 16. The smallest absolute Gasteiger partial charge is 0.305 e. The lowest BCUT2D eigenvalue weighted by Gasteiger charge is -2.30. The lowest BCUT2D eigenvalue weighted by atomic mass is 9.77. The van der Waals surface area contributed by atoms with Crippen molar-refractivity contribution in [1.29, 1.82) is 0 Å². The summed E-state index contributed by atoms with van der Waals surface area (Å²) in [6.07, 6.45) is 6.84. The zero-order valence-corrected chi connectivity index (χ0v) is 35.8. The minimum absolute atomic E-state index is 0.0209. The maximum Gasteiger partial charge on any atom is 0.305 e. The largest absolute Gasteiger partial charge is 0.748 e. The Labute approximate surface area is 350 Å². The molecule has 2 aliphatic heterocycles. The molecule has 1 unspecified atom stereocenters. The summed E-state index contributed by atoms with van der Waals surface area (Å²) in [5, 5.41) is 9.51. The minimum Gasteiger partial charge on any atom is -0.748 e. The molecule has 1 aromatic rings. The maximum absolute atomic E-state index is 12.1. The molecule has 0 amide bonds. The molecule has 2 heterocycles. The van der Waals surface area contributed by atoms with Gasteiger partial charge in [0.25, 0.3) is 0 Å². The second-order valence-electron chi connectivity index (χ2n) is 14.0. The summed E-state index contributed by atoms with van der Waals surface area (Å²) in [6, 6.07) is 11.2. The monoisotopic (exact) mass is 898 g/mol. The number of aliphatic carboxylic acids is 1. The number of carbonyl (C=O) groups is 1. The third-order valence-electron chi connectivity index (χ3n) is 9.73. The molecule has 0 saturated carbocycles. The Balaban J connectivity index is 1.71. The molecule has 21 heteroatoms. The molecule has 3 aliphatic rings. The van der Waals surface area contributed by atoms with Gasteiger partial charge in [0.05, 0.1) is 83.5 Å². The van der Waals surface area contributed by atoms with Gasteiger partial charge in [-0.05, 0) is 67.3 Å². The number of allylic oxidation sites excluding steroid dienone is 3. The van der Waals surface area contributed by atoms with Crippen molar-refractivity contribution in [1.82, 2.24) is 4.58 Å². The number of carboxylic acid groups (broad SMARTS) is 1. The van der Waals surface area contributed by atoms with Gasteiger partial charge < -0.3 is 47.0 Å². The topological polar surface area (TPSA) is 265 Å². The Morgan fingerprint density at radius 1 is 0.850 bits per heavy atom. The van der Waals surface area contributed by atoms with Gasteiger partial charge in [0.15, 0.2) is 6.54 Å². The molecular formula is C39H50N2O16S3-2. The molecular weight excluding hydrogens is 849 g/mol. The molecule has 1 N–H and O–H groups in total. The standard InChI is InChI=1S/C39H52N2O16S3/c1-39(14-4-26-58(44,45)46)34-29-32(60(50,51)52)9-11-35(34)41(17-21-56-25-24-54-18-13-38(42)43)37(39)7-3-6-30-12-19-57-36-28-31(8-10-33(30)36)40(15-5-27-59(47,48)49)16-20-55-23-22-53-2/h3,6-12,19,28-29H,4-5,13-18,20-27H2,1-2H3,(H3-,42,43,44,45,46,47,48,49,50,51,52)/p-2. The molecule has 0 fully saturated rings. The first-order valence-corrected chi connectivity index (χ1v) is 23.6. The number of carboxylic acids is 1. The van der Waals surface area contributed by atoms with Crippen molar-refractivity contribution >= 4 is 48.1 Å². The molecule has 1 aliphatic carbocycles. The fraction of sp³-hybridized carbons (Fsp3) is 0.487. The molecule has 0 spiro atoms. The summed E-state index contributed by atoms with van der Waals surface area (Å²) in [7, 11) is -12.3. The van der Waals surface area contributed by atoms with Crippen molar-refractivity contribution < 1.29 is 72.2 Å². The average molecular weight is 899 g/mol.